The number of aromatic nitrogens is 4. The number of carbonyl (C=O) groups is 3. The van der Waals surface area contributed by atoms with E-state index in [2.05, 4.69) is 57.4 Å². The van der Waals surface area contributed by atoms with Crippen molar-refractivity contribution >= 4 is 85.4 Å². The van der Waals surface area contributed by atoms with Gasteiger partial charge in [0.05, 0.1) is 23.8 Å². The lowest BCUT2D eigenvalue weighted by atomic mass is 10.1. The summed E-state index contributed by atoms with van der Waals surface area (Å²) in [6, 6.07) is 14.8. The number of hydrogen-bond donors (Lipinski definition) is 5. The molecule has 0 bridgehead atoms. The highest BCUT2D eigenvalue weighted by Gasteiger charge is 2.23. The number of H-pyrrole nitrogens is 1. The first-order valence-electron chi connectivity index (χ1n) is 16.2. The summed E-state index contributed by atoms with van der Waals surface area (Å²) < 4.78 is 6.64. The van der Waals surface area contributed by atoms with E-state index in [4.69, 9.17) is 16.2 Å². The Balaban J connectivity index is 0.000000353. The zero-order valence-electron chi connectivity index (χ0n) is 28.6. The molecule has 0 radical (unpaired) electrons. The van der Waals surface area contributed by atoms with E-state index >= 15 is 0 Å². The Hall–Kier alpha value is -3.88. The third-order valence-electron chi connectivity index (χ3n) is 6.98. The van der Waals surface area contributed by atoms with Crippen LogP contribution in [0.2, 0.25) is 0 Å². The van der Waals surface area contributed by atoms with Crippen molar-refractivity contribution in [3.05, 3.63) is 60.9 Å². The zero-order valence-corrected chi connectivity index (χ0v) is 32.6. The molecule has 50 heavy (non-hydrogen) atoms. The number of imidazole rings is 2. The van der Waals surface area contributed by atoms with Crippen LogP contribution in [0.1, 0.15) is 72.1 Å². The molecule has 0 atom stereocenters. The van der Waals surface area contributed by atoms with E-state index in [0.29, 0.717) is 30.2 Å². The first kappa shape index (κ1) is 42.3. The Bertz CT molecular complexity index is 1640. The molecule has 4 rings (SSSR count). The molecule has 272 valence electrons. The van der Waals surface area contributed by atoms with Crippen LogP contribution in [-0.2, 0) is 14.3 Å². The maximum Gasteiger partial charge on any atom is 0.421 e. The SMILES string of the molecule is CC(C)(C)OC(=O)n1c(-c2ccc(NC(=O)CCCCCBr)cc2)cnc1N.Cl.Nc1ncc(-c2ccc(NC(=O)CCCCCBr)cc2)[nH]1. The minimum atomic E-state index is -0.645. The van der Waals surface area contributed by atoms with E-state index in [1.165, 1.54) is 10.8 Å². The maximum absolute atomic E-state index is 12.5. The van der Waals surface area contributed by atoms with Crippen molar-refractivity contribution in [3.8, 4) is 22.5 Å². The van der Waals surface area contributed by atoms with Crippen LogP contribution in [0.15, 0.2) is 60.9 Å². The summed E-state index contributed by atoms with van der Waals surface area (Å²) in [6.45, 7) is 5.36. The predicted octanol–water partition coefficient (Wildman–Crippen LogP) is 8.78. The molecule has 0 aliphatic carbocycles. The Labute approximate surface area is 316 Å². The number of nitrogens with two attached hydrogens (primary N) is 2. The lowest BCUT2D eigenvalue weighted by molar-refractivity contribution is -0.117. The van der Waals surface area contributed by atoms with Gasteiger partial charge in [0.1, 0.15) is 5.60 Å². The fraction of sp³-hybridized carbons (Fsp3) is 0.400. The summed E-state index contributed by atoms with van der Waals surface area (Å²) in [7, 11) is 0. The molecule has 2 amide bonds. The molecule has 2 aromatic heterocycles. The number of rotatable bonds is 14. The summed E-state index contributed by atoms with van der Waals surface area (Å²) in [4.78, 5) is 47.2. The fourth-order valence-corrected chi connectivity index (χ4v) is 5.36. The molecule has 12 nitrogen and oxygen atoms in total. The second-order valence-electron chi connectivity index (χ2n) is 12.2. The molecule has 0 spiro atoms. The number of nitrogens with zero attached hydrogens (tertiary/aromatic N) is 3. The van der Waals surface area contributed by atoms with E-state index in [-0.39, 0.29) is 30.2 Å². The molecule has 0 saturated carbocycles. The molecule has 2 aromatic carbocycles. The third-order valence-corrected chi connectivity index (χ3v) is 8.10. The van der Waals surface area contributed by atoms with Gasteiger partial charge in [-0.05, 0) is 76.3 Å². The number of nitrogen functional groups attached to an aromatic ring is 2. The number of unbranched alkanes of at least 4 members (excludes halogenated alkanes) is 4. The van der Waals surface area contributed by atoms with Crippen molar-refractivity contribution in [1.29, 1.82) is 0 Å². The summed E-state index contributed by atoms with van der Waals surface area (Å²) >= 11 is 6.76. The van der Waals surface area contributed by atoms with Gasteiger partial charge < -0.3 is 31.8 Å². The first-order valence-corrected chi connectivity index (χ1v) is 18.4. The molecule has 0 aliphatic rings. The van der Waals surface area contributed by atoms with Gasteiger partial charge in [0.2, 0.25) is 17.8 Å². The molecule has 15 heteroatoms. The van der Waals surface area contributed by atoms with Gasteiger partial charge in [-0.2, -0.15) is 0 Å². The standard InChI is InChI=1S/C20H27BrN4O3.C15H19BrN4O.ClH/c1-20(2,3)28-19(27)25-16(13-23-18(25)22)14-8-10-15(11-9-14)24-17(26)7-5-4-6-12-21;16-9-3-1-2-4-14(21)19-12-7-5-11(6-8-12)13-10-18-15(17)20-13;/h8-11,13H,4-7,12H2,1-3H3,(H2,22,23)(H,24,26);5-8,10H,1-4,9H2,(H,19,21)(H3,17,18,20);1H. The predicted molar refractivity (Wildman–Crippen MR) is 211 cm³/mol. The lowest BCUT2D eigenvalue weighted by Gasteiger charge is -2.20. The summed E-state index contributed by atoms with van der Waals surface area (Å²) in [5, 5.41) is 7.74. The van der Waals surface area contributed by atoms with Crippen LogP contribution in [0.5, 0.6) is 0 Å². The normalized spacial score (nSPS) is 10.7. The van der Waals surface area contributed by atoms with Crippen molar-refractivity contribution in [2.45, 2.75) is 77.7 Å². The van der Waals surface area contributed by atoms with E-state index in [1.807, 2.05) is 24.3 Å². The quantitative estimate of drug-likeness (QED) is 0.0617. The Morgan fingerprint density at radius 3 is 1.70 bits per heavy atom. The average Bonchev–Trinajstić information content (AvgIpc) is 3.67. The molecule has 0 unspecified atom stereocenters. The van der Waals surface area contributed by atoms with Crippen LogP contribution in [-0.4, -0.2) is 53.7 Å². The number of halogens is 3. The average molecular weight is 839 g/mol. The van der Waals surface area contributed by atoms with Crippen molar-refractivity contribution in [2.75, 3.05) is 32.8 Å². The number of alkyl halides is 2. The number of nitrogens with one attached hydrogen (secondary N) is 3. The Kier molecular flexibility index (Phi) is 18.1. The van der Waals surface area contributed by atoms with Crippen molar-refractivity contribution in [3.63, 3.8) is 0 Å². The Morgan fingerprint density at radius 2 is 1.26 bits per heavy atom. The molecule has 0 fully saturated rings. The molecule has 2 heterocycles. The van der Waals surface area contributed by atoms with Crippen LogP contribution >= 0.6 is 44.3 Å². The van der Waals surface area contributed by atoms with Crippen LogP contribution in [0.25, 0.3) is 22.5 Å². The fourth-order valence-electron chi connectivity index (χ4n) is 4.57. The number of benzene rings is 2. The highest BCUT2D eigenvalue weighted by Crippen LogP contribution is 2.25. The smallest absolute Gasteiger partial charge is 0.421 e. The second-order valence-corrected chi connectivity index (χ2v) is 13.8. The highest BCUT2D eigenvalue weighted by atomic mass is 79.9. The maximum atomic E-state index is 12.5. The van der Waals surface area contributed by atoms with E-state index in [0.717, 1.165) is 71.7 Å². The monoisotopic (exact) mass is 836 g/mol. The second kappa shape index (κ2) is 21.4. The minimum absolute atomic E-state index is 0. The van der Waals surface area contributed by atoms with Crippen molar-refractivity contribution < 1.29 is 19.1 Å². The van der Waals surface area contributed by atoms with Crippen molar-refractivity contribution in [2.24, 2.45) is 0 Å². The summed E-state index contributed by atoms with van der Waals surface area (Å²) in [6.07, 6.45) is 9.73. The number of hydrogen-bond acceptors (Lipinski definition) is 8. The molecule has 0 aliphatic heterocycles. The van der Waals surface area contributed by atoms with Gasteiger partial charge in [0, 0.05) is 40.4 Å². The van der Waals surface area contributed by atoms with Crippen LogP contribution in [0.4, 0.5) is 28.1 Å². The van der Waals surface area contributed by atoms with E-state index in [9.17, 15) is 14.4 Å². The molecular formula is C35H47Br2ClN8O4. The number of aromatic amines is 1. The molecule has 7 N–H and O–H groups in total. The van der Waals surface area contributed by atoms with Gasteiger partial charge in [-0.25, -0.2) is 19.3 Å². The van der Waals surface area contributed by atoms with Gasteiger partial charge in [-0.15, -0.1) is 12.4 Å². The van der Waals surface area contributed by atoms with Gasteiger partial charge in [0.15, 0.2) is 5.95 Å². The van der Waals surface area contributed by atoms with E-state index in [1.54, 1.807) is 51.2 Å². The summed E-state index contributed by atoms with van der Waals surface area (Å²) in [5.41, 5.74) is 15.4. The van der Waals surface area contributed by atoms with Crippen LogP contribution in [0, 0.1) is 0 Å². The third kappa shape index (κ3) is 14.5. The van der Waals surface area contributed by atoms with Gasteiger partial charge in [-0.1, -0.05) is 69.0 Å². The summed E-state index contributed by atoms with van der Waals surface area (Å²) in [5.74, 6) is 0.504. The molecule has 4 aromatic rings. The number of amides is 2. The topological polar surface area (TPSA) is 183 Å². The Morgan fingerprint density at radius 1 is 0.760 bits per heavy atom. The van der Waals surface area contributed by atoms with Crippen LogP contribution in [0.3, 0.4) is 0 Å². The van der Waals surface area contributed by atoms with Crippen molar-refractivity contribution in [1.82, 2.24) is 19.5 Å². The number of ether oxygens (including phenoxy) is 1. The van der Waals surface area contributed by atoms with E-state index < -0.39 is 11.7 Å². The molecule has 0 saturated heterocycles. The highest BCUT2D eigenvalue weighted by molar-refractivity contribution is 9.09. The van der Waals surface area contributed by atoms with Gasteiger partial charge in [0.25, 0.3) is 0 Å². The zero-order chi connectivity index (χ0) is 35.8. The molecular weight excluding hydrogens is 792 g/mol. The van der Waals surface area contributed by atoms with Crippen LogP contribution < -0.4 is 22.1 Å². The first-order chi connectivity index (χ1) is 23.4. The minimum Gasteiger partial charge on any atom is -0.443 e. The van der Waals surface area contributed by atoms with Gasteiger partial charge >= 0.3 is 6.09 Å². The number of carbonyl (C=O) groups excluding carboxylic acids is 3. The number of anilines is 4. The van der Waals surface area contributed by atoms with Gasteiger partial charge in [-0.3, -0.25) is 9.59 Å². The lowest BCUT2D eigenvalue weighted by Crippen LogP contribution is -2.28. The largest absolute Gasteiger partial charge is 0.443 e.